The predicted octanol–water partition coefficient (Wildman–Crippen LogP) is 2.69. The molecule has 33 heavy (non-hydrogen) atoms. The van der Waals surface area contributed by atoms with Crippen LogP contribution in [0.3, 0.4) is 0 Å². The molecule has 2 N–H and O–H groups in total. The lowest BCUT2D eigenvalue weighted by atomic mass is 9.97. The van der Waals surface area contributed by atoms with Gasteiger partial charge in [-0.1, -0.05) is 12.1 Å². The van der Waals surface area contributed by atoms with Gasteiger partial charge in [0.1, 0.15) is 22.8 Å². The number of ether oxygens (including phenoxy) is 1. The number of phenolic OH excluding ortho intramolecular Hbond substituents is 2. The summed E-state index contributed by atoms with van der Waals surface area (Å²) in [6.45, 7) is 3.12. The zero-order chi connectivity index (χ0) is 24.3. The maximum atomic E-state index is 13.3. The van der Waals surface area contributed by atoms with Crippen LogP contribution in [0.4, 0.5) is 5.69 Å². The SMILES string of the molecule is COc1c(C)c(O)cc(O)c1C(=O)N1CCc2ccc(N(C)C(=O)/C=C/CN(C)C)cc2C1. The van der Waals surface area contributed by atoms with E-state index >= 15 is 0 Å². The molecule has 2 amide bonds. The second kappa shape index (κ2) is 9.95. The maximum absolute atomic E-state index is 13.3. The fourth-order valence-electron chi connectivity index (χ4n) is 3.88. The van der Waals surface area contributed by atoms with Gasteiger partial charge < -0.3 is 29.6 Å². The third kappa shape index (κ3) is 5.12. The van der Waals surface area contributed by atoms with Crippen molar-refractivity contribution in [2.24, 2.45) is 0 Å². The Morgan fingerprint density at radius 1 is 1.12 bits per heavy atom. The highest BCUT2D eigenvalue weighted by Gasteiger charge is 2.29. The lowest BCUT2D eigenvalue weighted by Crippen LogP contribution is -2.36. The van der Waals surface area contributed by atoms with Crippen LogP contribution in [-0.2, 0) is 17.8 Å². The number of benzene rings is 2. The smallest absolute Gasteiger partial charge is 0.261 e. The fraction of sp³-hybridized carbons (Fsp3) is 0.360. The Labute approximate surface area is 194 Å². The van der Waals surface area contributed by atoms with Gasteiger partial charge in [0.05, 0.1) is 7.11 Å². The molecular formula is C25H31N3O5. The number of rotatable bonds is 6. The molecule has 3 rings (SSSR count). The van der Waals surface area contributed by atoms with Crippen LogP contribution in [0.25, 0.3) is 0 Å². The molecule has 8 heteroatoms. The summed E-state index contributed by atoms with van der Waals surface area (Å²) in [5.74, 6) is -0.808. The van der Waals surface area contributed by atoms with Crippen molar-refractivity contribution in [2.75, 3.05) is 46.2 Å². The maximum Gasteiger partial charge on any atom is 0.261 e. The van der Waals surface area contributed by atoms with Crippen molar-refractivity contribution >= 4 is 17.5 Å². The van der Waals surface area contributed by atoms with Gasteiger partial charge in [-0.05, 0) is 50.7 Å². The molecule has 1 aliphatic rings. The Balaban J connectivity index is 1.83. The Kier molecular flexibility index (Phi) is 7.28. The van der Waals surface area contributed by atoms with E-state index in [0.717, 1.165) is 22.9 Å². The molecule has 0 unspecified atom stereocenters. The molecule has 0 bridgehead atoms. The molecule has 0 aliphatic carbocycles. The summed E-state index contributed by atoms with van der Waals surface area (Å²) in [4.78, 5) is 31.0. The first-order valence-electron chi connectivity index (χ1n) is 10.7. The second-order valence-corrected chi connectivity index (χ2v) is 8.44. The van der Waals surface area contributed by atoms with Gasteiger partial charge >= 0.3 is 0 Å². The van der Waals surface area contributed by atoms with E-state index in [2.05, 4.69) is 0 Å². The number of methoxy groups -OCH3 is 1. The number of hydrogen-bond acceptors (Lipinski definition) is 6. The minimum atomic E-state index is -0.375. The molecule has 0 fully saturated rings. The summed E-state index contributed by atoms with van der Waals surface area (Å²) in [7, 11) is 6.99. The Bertz CT molecular complexity index is 1090. The highest BCUT2D eigenvalue weighted by atomic mass is 16.5. The number of anilines is 1. The van der Waals surface area contributed by atoms with E-state index in [9.17, 15) is 19.8 Å². The zero-order valence-electron chi connectivity index (χ0n) is 19.8. The summed E-state index contributed by atoms with van der Waals surface area (Å²) in [6, 6.07) is 6.98. The summed E-state index contributed by atoms with van der Waals surface area (Å²) < 4.78 is 5.32. The molecule has 0 radical (unpaired) electrons. The molecular weight excluding hydrogens is 422 g/mol. The number of amides is 2. The molecule has 2 aromatic rings. The van der Waals surface area contributed by atoms with Gasteiger partial charge in [0.2, 0.25) is 5.91 Å². The number of aromatic hydroxyl groups is 2. The van der Waals surface area contributed by atoms with E-state index in [-0.39, 0.29) is 34.6 Å². The van der Waals surface area contributed by atoms with Gasteiger partial charge in [0.25, 0.3) is 5.91 Å². The summed E-state index contributed by atoms with van der Waals surface area (Å²) >= 11 is 0. The number of likely N-dealkylation sites (N-methyl/N-ethyl adjacent to an activating group) is 2. The van der Waals surface area contributed by atoms with Crippen molar-refractivity contribution in [3.8, 4) is 17.2 Å². The van der Waals surface area contributed by atoms with E-state index in [4.69, 9.17) is 4.74 Å². The highest BCUT2D eigenvalue weighted by Crippen LogP contribution is 2.39. The quantitative estimate of drug-likeness (QED) is 0.654. The Hall–Kier alpha value is -3.52. The summed E-state index contributed by atoms with van der Waals surface area (Å²) in [5.41, 5.74) is 3.22. The lowest BCUT2D eigenvalue weighted by molar-refractivity contribution is -0.113. The largest absolute Gasteiger partial charge is 0.507 e. The number of carbonyl (C=O) groups excluding carboxylic acids is 2. The van der Waals surface area contributed by atoms with Crippen molar-refractivity contribution < 1.29 is 24.5 Å². The molecule has 1 aliphatic heterocycles. The van der Waals surface area contributed by atoms with Crippen molar-refractivity contribution in [2.45, 2.75) is 19.9 Å². The van der Waals surface area contributed by atoms with E-state index in [0.29, 0.717) is 31.6 Å². The number of fused-ring (bicyclic) bond motifs is 1. The van der Waals surface area contributed by atoms with Crippen LogP contribution < -0.4 is 9.64 Å². The normalized spacial score (nSPS) is 13.3. The van der Waals surface area contributed by atoms with Crippen LogP contribution in [0.5, 0.6) is 17.2 Å². The molecule has 0 saturated heterocycles. The number of phenols is 2. The van der Waals surface area contributed by atoms with Crippen LogP contribution in [0.2, 0.25) is 0 Å². The topological polar surface area (TPSA) is 93.5 Å². The second-order valence-electron chi connectivity index (χ2n) is 8.44. The van der Waals surface area contributed by atoms with Crippen molar-refractivity contribution in [1.29, 1.82) is 0 Å². The molecule has 8 nitrogen and oxygen atoms in total. The molecule has 176 valence electrons. The van der Waals surface area contributed by atoms with E-state index in [1.807, 2.05) is 43.3 Å². The minimum Gasteiger partial charge on any atom is -0.507 e. The molecule has 0 saturated carbocycles. The van der Waals surface area contributed by atoms with Crippen LogP contribution in [0.15, 0.2) is 36.4 Å². The van der Waals surface area contributed by atoms with Gasteiger partial charge in [0, 0.05) is 50.1 Å². The number of carbonyl (C=O) groups is 2. The minimum absolute atomic E-state index is 0.0331. The van der Waals surface area contributed by atoms with Gasteiger partial charge in [-0.15, -0.1) is 0 Å². The van der Waals surface area contributed by atoms with Crippen molar-refractivity contribution in [1.82, 2.24) is 9.80 Å². The van der Waals surface area contributed by atoms with E-state index in [1.54, 1.807) is 29.8 Å². The van der Waals surface area contributed by atoms with Crippen LogP contribution >= 0.6 is 0 Å². The average molecular weight is 454 g/mol. The molecule has 0 spiro atoms. The zero-order valence-corrected chi connectivity index (χ0v) is 19.8. The van der Waals surface area contributed by atoms with E-state index in [1.165, 1.54) is 7.11 Å². The van der Waals surface area contributed by atoms with Crippen molar-refractivity contribution in [3.05, 3.63) is 58.7 Å². The Morgan fingerprint density at radius 2 is 1.85 bits per heavy atom. The third-order valence-electron chi connectivity index (χ3n) is 5.84. The molecule has 0 atom stereocenters. The van der Waals surface area contributed by atoms with Gasteiger partial charge in [0.15, 0.2) is 0 Å². The van der Waals surface area contributed by atoms with Crippen LogP contribution in [-0.4, -0.2) is 73.2 Å². The van der Waals surface area contributed by atoms with E-state index < -0.39 is 0 Å². The Morgan fingerprint density at radius 3 is 2.52 bits per heavy atom. The average Bonchev–Trinajstić information content (AvgIpc) is 2.79. The van der Waals surface area contributed by atoms with Crippen LogP contribution in [0.1, 0.15) is 27.0 Å². The molecule has 2 aromatic carbocycles. The monoisotopic (exact) mass is 453 g/mol. The first kappa shape index (κ1) is 24.1. The standard InChI is InChI=1S/C25H31N3O5/c1-16-20(29)14-21(30)23(24(16)33-5)25(32)28-12-10-17-8-9-19(13-18(17)15-28)27(4)22(31)7-6-11-26(2)3/h6-9,13-14,29-30H,10-12,15H2,1-5H3/b7-6+. The number of nitrogens with zero attached hydrogens (tertiary/aromatic N) is 3. The molecule has 1 heterocycles. The van der Waals surface area contributed by atoms with Gasteiger partial charge in [-0.3, -0.25) is 9.59 Å². The third-order valence-corrected chi connectivity index (χ3v) is 5.84. The predicted molar refractivity (Wildman–Crippen MR) is 127 cm³/mol. The van der Waals surface area contributed by atoms with Crippen LogP contribution in [0, 0.1) is 6.92 Å². The summed E-state index contributed by atoms with van der Waals surface area (Å²) in [6.07, 6.45) is 4.02. The summed E-state index contributed by atoms with van der Waals surface area (Å²) in [5, 5.41) is 20.3. The lowest BCUT2D eigenvalue weighted by Gasteiger charge is -2.30. The van der Waals surface area contributed by atoms with Gasteiger partial charge in [-0.2, -0.15) is 0 Å². The fourth-order valence-corrected chi connectivity index (χ4v) is 3.88. The van der Waals surface area contributed by atoms with Crippen molar-refractivity contribution in [3.63, 3.8) is 0 Å². The number of hydrogen-bond donors (Lipinski definition) is 2. The first-order valence-corrected chi connectivity index (χ1v) is 10.7. The van der Waals surface area contributed by atoms with Gasteiger partial charge in [-0.25, -0.2) is 0 Å². The molecule has 0 aromatic heterocycles. The first-order chi connectivity index (χ1) is 15.6. The highest BCUT2D eigenvalue weighted by molar-refractivity contribution is 6.01.